The van der Waals surface area contributed by atoms with Crippen LogP contribution >= 0.6 is 0 Å². The molecule has 2 fully saturated rings. The number of nitrogens with zero attached hydrogens (tertiary/aromatic N) is 1. The standard InChI is InChI=1S/C26H29NO5/c1-16-9-14-21(32-3)20(15-16)24(28)22-23(17-10-12-19(31-2)13-11-17)27(26(30)25(22)29)18-7-5-4-6-8-18/h9-15,18,23,28H,4-8H2,1-3H3/b24-22+. The fraction of sp³-hybridized carbons (Fsp3) is 0.385. The Bertz CT molecular complexity index is 1050. The number of likely N-dealkylation sites (tertiary alicyclic amines) is 1. The summed E-state index contributed by atoms with van der Waals surface area (Å²) < 4.78 is 10.7. The summed E-state index contributed by atoms with van der Waals surface area (Å²) in [6, 6.07) is 12.0. The highest BCUT2D eigenvalue weighted by Crippen LogP contribution is 2.44. The van der Waals surface area contributed by atoms with Crippen LogP contribution in [0.2, 0.25) is 0 Å². The predicted molar refractivity (Wildman–Crippen MR) is 122 cm³/mol. The van der Waals surface area contributed by atoms with Crippen molar-refractivity contribution in [2.75, 3.05) is 14.2 Å². The average molecular weight is 436 g/mol. The van der Waals surface area contributed by atoms with Crippen LogP contribution in [0.15, 0.2) is 48.0 Å². The molecule has 32 heavy (non-hydrogen) atoms. The minimum Gasteiger partial charge on any atom is -0.507 e. The first-order valence-electron chi connectivity index (χ1n) is 11.0. The van der Waals surface area contributed by atoms with E-state index in [2.05, 4.69) is 0 Å². The number of rotatable bonds is 5. The zero-order valence-corrected chi connectivity index (χ0v) is 18.8. The number of hydrogen-bond acceptors (Lipinski definition) is 5. The van der Waals surface area contributed by atoms with Gasteiger partial charge in [0.1, 0.15) is 17.3 Å². The van der Waals surface area contributed by atoms with Crippen LogP contribution in [0.5, 0.6) is 11.5 Å². The molecular formula is C26H29NO5. The highest BCUT2D eigenvalue weighted by Gasteiger charge is 2.49. The Morgan fingerprint density at radius 3 is 2.28 bits per heavy atom. The molecule has 0 aromatic heterocycles. The molecule has 1 aliphatic heterocycles. The molecule has 1 aliphatic carbocycles. The van der Waals surface area contributed by atoms with Gasteiger partial charge in [-0.15, -0.1) is 0 Å². The van der Waals surface area contributed by atoms with E-state index in [0.717, 1.165) is 43.2 Å². The third kappa shape index (κ3) is 3.85. The Morgan fingerprint density at radius 1 is 0.969 bits per heavy atom. The van der Waals surface area contributed by atoms with E-state index in [1.807, 2.05) is 37.3 Å². The maximum absolute atomic E-state index is 13.3. The molecule has 6 heteroatoms. The monoisotopic (exact) mass is 435 g/mol. The van der Waals surface area contributed by atoms with Crippen molar-refractivity contribution in [1.29, 1.82) is 0 Å². The molecule has 1 N–H and O–H groups in total. The van der Waals surface area contributed by atoms with Gasteiger partial charge in [-0.3, -0.25) is 9.59 Å². The molecule has 2 aliphatic rings. The number of Topliss-reactive ketones (excluding diaryl/α,β-unsaturated/α-hetero) is 1. The van der Waals surface area contributed by atoms with Crippen molar-refractivity contribution < 1.29 is 24.2 Å². The lowest BCUT2D eigenvalue weighted by molar-refractivity contribution is -0.141. The van der Waals surface area contributed by atoms with Crippen LogP contribution in [-0.2, 0) is 9.59 Å². The molecule has 1 saturated heterocycles. The van der Waals surface area contributed by atoms with Gasteiger partial charge in [-0.2, -0.15) is 0 Å². The second-order valence-electron chi connectivity index (χ2n) is 8.48. The molecule has 2 aromatic rings. The van der Waals surface area contributed by atoms with Gasteiger partial charge in [0, 0.05) is 6.04 Å². The normalized spacial score (nSPS) is 21.1. The van der Waals surface area contributed by atoms with Gasteiger partial charge >= 0.3 is 0 Å². The Hall–Kier alpha value is -3.28. The molecule has 1 unspecified atom stereocenters. The highest BCUT2D eigenvalue weighted by atomic mass is 16.5. The Balaban J connectivity index is 1.90. The molecule has 0 spiro atoms. The summed E-state index contributed by atoms with van der Waals surface area (Å²) in [5.41, 5.74) is 2.20. The number of aliphatic hydroxyl groups is 1. The minimum atomic E-state index is -0.658. The lowest BCUT2D eigenvalue weighted by atomic mass is 9.90. The molecule has 1 heterocycles. The Morgan fingerprint density at radius 2 is 1.66 bits per heavy atom. The summed E-state index contributed by atoms with van der Waals surface area (Å²) in [6.45, 7) is 1.90. The number of aliphatic hydroxyl groups excluding tert-OH is 1. The molecule has 1 amide bonds. The summed E-state index contributed by atoms with van der Waals surface area (Å²) in [5.74, 6) is -0.277. The van der Waals surface area contributed by atoms with Crippen molar-refractivity contribution in [2.24, 2.45) is 0 Å². The van der Waals surface area contributed by atoms with Gasteiger partial charge in [-0.05, 0) is 49.6 Å². The highest BCUT2D eigenvalue weighted by molar-refractivity contribution is 6.46. The van der Waals surface area contributed by atoms with E-state index in [1.165, 1.54) is 7.11 Å². The van der Waals surface area contributed by atoms with Crippen LogP contribution < -0.4 is 9.47 Å². The van der Waals surface area contributed by atoms with Crippen molar-refractivity contribution >= 4 is 17.4 Å². The van der Waals surface area contributed by atoms with Gasteiger partial charge in [0.15, 0.2) is 0 Å². The van der Waals surface area contributed by atoms with E-state index in [0.29, 0.717) is 17.1 Å². The average Bonchev–Trinajstić information content (AvgIpc) is 3.09. The number of ether oxygens (including phenoxy) is 2. The van der Waals surface area contributed by atoms with E-state index >= 15 is 0 Å². The number of hydrogen-bond donors (Lipinski definition) is 1. The Kier molecular flexibility index (Phi) is 6.21. The minimum absolute atomic E-state index is 0.0305. The van der Waals surface area contributed by atoms with Crippen molar-refractivity contribution in [3.63, 3.8) is 0 Å². The molecular weight excluding hydrogens is 406 g/mol. The second kappa shape index (κ2) is 9.07. The fourth-order valence-electron chi connectivity index (χ4n) is 4.85. The molecule has 6 nitrogen and oxygen atoms in total. The lowest BCUT2D eigenvalue weighted by Crippen LogP contribution is -2.40. The number of ketones is 1. The molecule has 0 bridgehead atoms. The summed E-state index contributed by atoms with van der Waals surface area (Å²) in [5, 5.41) is 11.4. The van der Waals surface area contributed by atoms with Crippen LogP contribution in [0, 0.1) is 6.92 Å². The van der Waals surface area contributed by atoms with Crippen molar-refractivity contribution in [3.8, 4) is 11.5 Å². The maximum atomic E-state index is 13.3. The number of carbonyl (C=O) groups is 2. The number of aryl methyl sites for hydroxylation is 1. The first kappa shape index (κ1) is 21.9. The van der Waals surface area contributed by atoms with Crippen LogP contribution in [0.1, 0.15) is 54.8 Å². The summed E-state index contributed by atoms with van der Waals surface area (Å²) in [7, 11) is 3.11. The zero-order valence-electron chi connectivity index (χ0n) is 18.8. The fourth-order valence-corrected chi connectivity index (χ4v) is 4.85. The van der Waals surface area contributed by atoms with Gasteiger partial charge in [0.2, 0.25) is 0 Å². The van der Waals surface area contributed by atoms with Crippen molar-refractivity contribution in [2.45, 2.75) is 51.1 Å². The molecule has 4 rings (SSSR count). The molecule has 0 radical (unpaired) electrons. The smallest absolute Gasteiger partial charge is 0.295 e. The van der Waals surface area contributed by atoms with Crippen molar-refractivity contribution in [3.05, 3.63) is 64.7 Å². The number of carbonyl (C=O) groups excluding carboxylic acids is 2. The SMILES string of the molecule is COc1ccc(C2/C(=C(\O)c3cc(C)ccc3OC)C(=O)C(=O)N2C2CCCCC2)cc1. The van der Waals surface area contributed by atoms with Gasteiger partial charge < -0.3 is 19.5 Å². The van der Waals surface area contributed by atoms with Gasteiger partial charge in [-0.25, -0.2) is 0 Å². The Labute approximate surface area is 188 Å². The van der Waals surface area contributed by atoms with Crippen molar-refractivity contribution in [1.82, 2.24) is 4.90 Å². The van der Waals surface area contributed by atoms with Crippen LogP contribution in [0.4, 0.5) is 0 Å². The van der Waals surface area contributed by atoms with Gasteiger partial charge in [-0.1, -0.05) is 43.0 Å². The first-order valence-corrected chi connectivity index (χ1v) is 11.0. The largest absolute Gasteiger partial charge is 0.507 e. The third-order valence-electron chi connectivity index (χ3n) is 6.49. The topological polar surface area (TPSA) is 76.1 Å². The van der Waals surface area contributed by atoms with Crippen LogP contribution in [0.3, 0.4) is 0 Å². The van der Waals surface area contributed by atoms with Crippen LogP contribution in [-0.4, -0.2) is 42.0 Å². The van der Waals surface area contributed by atoms with E-state index in [-0.39, 0.29) is 17.4 Å². The van der Waals surface area contributed by atoms with E-state index in [9.17, 15) is 14.7 Å². The zero-order chi connectivity index (χ0) is 22.8. The number of benzene rings is 2. The summed E-state index contributed by atoms with van der Waals surface area (Å²) in [6.07, 6.45) is 4.89. The van der Waals surface area contributed by atoms with E-state index < -0.39 is 17.7 Å². The number of amides is 1. The molecule has 168 valence electrons. The van der Waals surface area contributed by atoms with E-state index in [1.54, 1.807) is 24.1 Å². The quantitative estimate of drug-likeness (QED) is 0.416. The molecule has 1 atom stereocenters. The summed E-state index contributed by atoms with van der Waals surface area (Å²) >= 11 is 0. The lowest BCUT2D eigenvalue weighted by Gasteiger charge is -2.35. The first-order chi connectivity index (χ1) is 15.5. The summed E-state index contributed by atoms with van der Waals surface area (Å²) in [4.78, 5) is 28.2. The third-order valence-corrected chi connectivity index (χ3v) is 6.49. The number of methoxy groups -OCH3 is 2. The van der Waals surface area contributed by atoms with Crippen LogP contribution in [0.25, 0.3) is 5.76 Å². The maximum Gasteiger partial charge on any atom is 0.295 e. The predicted octanol–water partition coefficient (Wildman–Crippen LogP) is 4.77. The second-order valence-corrected chi connectivity index (χ2v) is 8.48. The molecule has 1 saturated carbocycles. The van der Waals surface area contributed by atoms with Gasteiger partial charge in [0.25, 0.3) is 11.7 Å². The van der Waals surface area contributed by atoms with E-state index in [4.69, 9.17) is 9.47 Å². The molecule has 2 aromatic carbocycles. The van der Waals surface area contributed by atoms with Gasteiger partial charge in [0.05, 0.1) is 31.4 Å².